The van der Waals surface area contributed by atoms with E-state index in [1.165, 1.54) is 38.7 Å². The van der Waals surface area contributed by atoms with Crippen molar-refractivity contribution < 1.29 is 4.74 Å². The Kier molecular flexibility index (Phi) is 5.87. The van der Waals surface area contributed by atoms with Crippen LogP contribution in [0.25, 0.3) is 0 Å². The molecule has 1 aliphatic heterocycles. The van der Waals surface area contributed by atoms with Crippen molar-refractivity contribution >= 4 is 27.4 Å². The molecule has 6 nitrogen and oxygen atoms in total. The second kappa shape index (κ2) is 8.30. The molecule has 0 saturated carbocycles. The van der Waals surface area contributed by atoms with Crippen molar-refractivity contribution in [3.63, 3.8) is 0 Å². The molecule has 128 valence electrons. The lowest BCUT2D eigenvalue weighted by atomic mass is 10.1. The van der Waals surface area contributed by atoms with Gasteiger partial charge in [-0.1, -0.05) is 22.4 Å². The molecule has 0 radical (unpaired) electrons. The Balaban J connectivity index is 1.59. The number of nitrogens with one attached hydrogen (secondary N) is 1. The van der Waals surface area contributed by atoms with Crippen LogP contribution in [0, 0.1) is 0 Å². The number of hydrogen-bond donors (Lipinski definition) is 2. The second-order valence-electron chi connectivity index (χ2n) is 5.83. The van der Waals surface area contributed by atoms with E-state index in [0.29, 0.717) is 23.1 Å². The van der Waals surface area contributed by atoms with Gasteiger partial charge in [0.2, 0.25) is 5.88 Å². The highest BCUT2D eigenvalue weighted by atomic mass is 79.9. The molecule has 0 unspecified atom stereocenters. The minimum atomic E-state index is 0.368. The molecule has 0 bridgehead atoms. The Morgan fingerprint density at radius 3 is 2.62 bits per heavy atom. The first-order valence-corrected chi connectivity index (χ1v) is 9.02. The maximum absolute atomic E-state index is 6.14. The zero-order valence-electron chi connectivity index (χ0n) is 13.5. The number of halogens is 1. The number of rotatable bonds is 6. The van der Waals surface area contributed by atoms with E-state index in [4.69, 9.17) is 10.5 Å². The number of likely N-dealkylation sites (tertiary alicyclic amines) is 1. The minimum Gasteiger partial charge on any atom is -0.437 e. The third-order valence-electron chi connectivity index (χ3n) is 4.04. The zero-order valence-corrected chi connectivity index (χ0v) is 15.1. The lowest BCUT2D eigenvalue weighted by Crippen LogP contribution is -2.33. The van der Waals surface area contributed by atoms with Gasteiger partial charge in [0, 0.05) is 17.6 Å². The molecule has 1 fully saturated rings. The minimum absolute atomic E-state index is 0.368. The van der Waals surface area contributed by atoms with Gasteiger partial charge < -0.3 is 20.7 Å². The van der Waals surface area contributed by atoms with Crippen LogP contribution in [0.4, 0.5) is 11.5 Å². The van der Waals surface area contributed by atoms with Gasteiger partial charge in [0.1, 0.15) is 17.8 Å². The number of piperidine rings is 1. The molecule has 0 aliphatic carbocycles. The molecule has 3 rings (SSSR count). The molecule has 24 heavy (non-hydrogen) atoms. The summed E-state index contributed by atoms with van der Waals surface area (Å²) in [7, 11) is 0. The maximum Gasteiger partial charge on any atom is 0.248 e. The van der Waals surface area contributed by atoms with Crippen molar-refractivity contribution in [1.82, 2.24) is 14.9 Å². The quantitative estimate of drug-likeness (QED) is 0.784. The number of ether oxygens (including phenoxy) is 1. The smallest absolute Gasteiger partial charge is 0.248 e. The van der Waals surface area contributed by atoms with E-state index in [-0.39, 0.29) is 0 Å². The fraction of sp³-hybridized carbons (Fsp3) is 0.412. The number of hydrogen-bond acceptors (Lipinski definition) is 6. The molecule has 0 atom stereocenters. The van der Waals surface area contributed by atoms with Gasteiger partial charge in [-0.05, 0) is 50.2 Å². The molecule has 2 aromatic rings. The molecule has 1 saturated heterocycles. The number of aromatic nitrogens is 2. The summed E-state index contributed by atoms with van der Waals surface area (Å²) >= 11 is 3.40. The largest absolute Gasteiger partial charge is 0.437 e. The summed E-state index contributed by atoms with van der Waals surface area (Å²) in [6.07, 6.45) is 5.40. The fourth-order valence-corrected chi connectivity index (χ4v) is 3.00. The van der Waals surface area contributed by atoms with Crippen molar-refractivity contribution in [2.75, 3.05) is 37.2 Å². The predicted molar refractivity (Wildman–Crippen MR) is 99.4 cm³/mol. The van der Waals surface area contributed by atoms with Gasteiger partial charge in [-0.3, -0.25) is 0 Å². The Morgan fingerprint density at radius 2 is 1.88 bits per heavy atom. The van der Waals surface area contributed by atoms with Crippen molar-refractivity contribution in [1.29, 1.82) is 0 Å². The first-order valence-electron chi connectivity index (χ1n) is 8.22. The molecule has 2 heterocycles. The number of benzene rings is 1. The molecule has 0 amide bonds. The SMILES string of the molecule is Nc1c(NCCN2CCCCC2)ncnc1Oc1ccc(Br)cc1. The van der Waals surface area contributed by atoms with Crippen LogP contribution in [-0.4, -0.2) is 41.0 Å². The molecule has 3 N–H and O–H groups in total. The summed E-state index contributed by atoms with van der Waals surface area (Å²) in [4.78, 5) is 10.8. The number of nitrogens with zero attached hydrogens (tertiary/aromatic N) is 3. The molecule has 1 aromatic carbocycles. The average molecular weight is 392 g/mol. The molecule has 0 spiro atoms. The van der Waals surface area contributed by atoms with Gasteiger partial charge in [0.15, 0.2) is 5.82 Å². The van der Waals surface area contributed by atoms with Crippen LogP contribution >= 0.6 is 15.9 Å². The van der Waals surface area contributed by atoms with Crippen LogP contribution in [0.3, 0.4) is 0 Å². The first-order chi connectivity index (χ1) is 11.7. The standard InChI is InChI=1S/C17H22BrN5O/c18-13-4-6-14(7-5-13)24-17-15(19)16(21-12-22-17)20-8-11-23-9-2-1-3-10-23/h4-7,12H,1-3,8-11,19H2,(H,20,21,22). The fourth-order valence-electron chi connectivity index (χ4n) is 2.73. The second-order valence-corrected chi connectivity index (χ2v) is 6.74. The van der Waals surface area contributed by atoms with Gasteiger partial charge in [0.05, 0.1) is 0 Å². The monoisotopic (exact) mass is 391 g/mol. The third kappa shape index (κ3) is 4.58. The normalized spacial score (nSPS) is 15.2. The molecular weight excluding hydrogens is 370 g/mol. The highest BCUT2D eigenvalue weighted by Crippen LogP contribution is 2.29. The van der Waals surface area contributed by atoms with Gasteiger partial charge >= 0.3 is 0 Å². The summed E-state index contributed by atoms with van der Waals surface area (Å²) in [5, 5.41) is 3.29. The zero-order chi connectivity index (χ0) is 16.8. The lowest BCUT2D eigenvalue weighted by Gasteiger charge is -2.26. The van der Waals surface area contributed by atoms with Crippen LogP contribution in [0.15, 0.2) is 35.1 Å². The topological polar surface area (TPSA) is 76.3 Å². The van der Waals surface area contributed by atoms with E-state index >= 15 is 0 Å². The van der Waals surface area contributed by atoms with E-state index in [1.54, 1.807) is 0 Å². The average Bonchev–Trinajstić information content (AvgIpc) is 2.61. The first kappa shape index (κ1) is 17.0. The Labute approximate surface area is 150 Å². The molecule has 1 aliphatic rings. The van der Waals surface area contributed by atoms with E-state index in [2.05, 4.69) is 36.1 Å². The van der Waals surface area contributed by atoms with Crippen molar-refractivity contribution in [3.8, 4) is 11.6 Å². The summed E-state index contributed by atoms with van der Waals surface area (Å²) in [5.41, 5.74) is 6.57. The van der Waals surface area contributed by atoms with Crippen LogP contribution in [0.5, 0.6) is 11.6 Å². The lowest BCUT2D eigenvalue weighted by molar-refractivity contribution is 0.237. The molecular formula is C17H22BrN5O. The van der Waals surface area contributed by atoms with Crippen molar-refractivity contribution in [2.24, 2.45) is 0 Å². The van der Waals surface area contributed by atoms with Gasteiger partial charge in [0.25, 0.3) is 0 Å². The predicted octanol–water partition coefficient (Wildman–Crippen LogP) is 3.51. The summed E-state index contributed by atoms with van der Waals surface area (Å²) in [6, 6.07) is 7.53. The number of nitrogen functional groups attached to an aromatic ring is 1. The van der Waals surface area contributed by atoms with Gasteiger partial charge in [-0.25, -0.2) is 4.98 Å². The molecule has 1 aromatic heterocycles. The van der Waals surface area contributed by atoms with Gasteiger partial charge in [-0.2, -0.15) is 4.98 Å². The number of nitrogens with two attached hydrogens (primary N) is 1. The Bertz CT molecular complexity index is 659. The Hall–Kier alpha value is -1.86. The number of anilines is 2. The summed E-state index contributed by atoms with van der Waals surface area (Å²) < 4.78 is 6.75. The van der Waals surface area contributed by atoms with Crippen LogP contribution in [-0.2, 0) is 0 Å². The summed E-state index contributed by atoms with van der Waals surface area (Å²) in [6.45, 7) is 4.16. The van der Waals surface area contributed by atoms with Crippen molar-refractivity contribution in [3.05, 3.63) is 35.1 Å². The highest BCUT2D eigenvalue weighted by molar-refractivity contribution is 9.10. The maximum atomic E-state index is 6.14. The van der Waals surface area contributed by atoms with E-state index in [9.17, 15) is 0 Å². The molecule has 7 heteroatoms. The van der Waals surface area contributed by atoms with Crippen LogP contribution in [0.2, 0.25) is 0 Å². The van der Waals surface area contributed by atoms with Gasteiger partial charge in [-0.15, -0.1) is 0 Å². The van der Waals surface area contributed by atoms with Crippen LogP contribution in [0.1, 0.15) is 19.3 Å². The van der Waals surface area contributed by atoms with Crippen molar-refractivity contribution in [2.45, 2.75) is 19.3 Å². The summed E-state index contributed by atoms with van der Waals surface area (Å²) in [5.74, 6) is 1.67. The Morgan fingerprint density at radius 1 is 1.12 bits per heavy atom. The highest BCUT2D eigenvalue weighted by Gasteiger charge is 2.12. The van der Waals surface area contributed by atoms with E-state index < -0.39 is 0 Å². The van der Waals surface area contributed by atoms with E-state index in [0.717, 1.165) is 17.6 Å². The van der Waals surface area contributed by atoms with E-state index in [1.807, 2.05) is 24.3 Å². The third-order valence-corrected chi connectivity index (χ3v) is 4.57. The van der Waals surface area contributed by atoms with Crippen LogP contribution < -0.4 is 15.8 Å².